The van der Waals surface area contributed by atoms with Crippen LogP contribution in [-0.2, 0) is 30.3 Å². The van der Waals surface area contributed by atoms with Gasteiger partial charge in [-0.25, -0.2) is 9.18 Å². The Balaban J connectivity index is 1.21. The highest BCUT2D eigenvalue weighted by Crippen LogP contribution is 2.75. The van der Waals surface area contributed by atoms with Gasteiger partial charge in [-0.3, -0.25) is 9.59 Å². The highest BCUT2D eigenvalue weighted by molar-refractivity contribution is 5.92. The van der Waals surface area contributed by atoms with Gasteiger partial charge in [0, 0.05) is 12.6 Å². The molecule has 0 radical (unpaired) electrons. The highest BCUT2D eigenvalue weighted by atomic mass is 19.1. The van der Waals surface area contributed by atoms with E-state index in [9.17, 15) is 23.9 Å². The summed E-state index contributed by atoms with van der Waals surface area (Å²) in [5, 5.41) is 15.8. The highest BCUT2D eigenvalue weighted by Gasteiger charge is 2.83. The van der Waals surface area contributed by atoms with Crippen LogP contribution in [0, 0.1) is 23.1 Å². The molecule has 230 valence electrons. The third-order valence-corrected chi connectivity index (χ3v) is 10.3. The number of unbranched alkanes of at least 4 members (excludes halogenated alkanes) is 1. The van der Waals surface area contributed by atoms with Crippen LogP contribution in [0.3, 0.4) is 0 Å². The van der Waals surface area contributed by atoms with Gasteiger partial charge in [-0.1, -0.05) is 51.0 Å². The van der Waals surface area contributed by atoms with Crippen molar-refractivity contribution in [2.75, 3.05) is 20.3 Å². The zero-order valence-corrected chi connectivity index (χ0v) is 24.7. The monoisotopic (exact) mass is 584 g/mol. The molecule has 5 atom stereocenters. The van der Waals surface area contributed by atoms with Crippen LogP contribution in [0.15, 0.2) is 24.3 Å². The number of epoxide rings is 1. The Morgan fingerprint density at radius 2 is 1.98 bits per heavy atom. The maximum Gasteiger partial charge on any atom is 0.330 e. The number of halogens is 1. The fourth-order valence-corrected chi connectivity index (χ4v) is 7.98. The molecule has 42 heavy (non-hydrogen) atoms. The van der Waals surface area contributed by atoms with Crippen LogP contribution >= 0.6 is 0 Å². The van der Waals surface area contributed by atoms with E-state index in [1.54, 1.807) is 12.1 Å². The fraction of sp³-hybridized carbons (Fsp3) is 0.667. The van der Waals surface area contributed by atoms with E-state index in [-0.39, 0.29) is 23.8 Å². The first kappa shape index (κ1) is 30.7. The van der Waals surface area contributed by atoms with Crippen LogP contribution in [0.4, 0.5) is 4.39 Å². The molecule has 1 aromatic carbocycles. The summed E-state index contributed by atoms with van der Waals surface area (Å²) in [5.74, 6) is -0.507. The largest absolute Gasteiger partial charge is 0.466 e. The molecule has 4 fully saturated rings. The Bertz CT molecular complexity index is 1180. The summed E-state index contributed by atoms with van der Waals surface area (Å²) < 4.78 is 25.1. The summed E-state index contributed by atoms with van der Waals surface area (Å²) in [6.45, 7) is 0.0184. The molecule has 1 saturated heterocycles. The molecular formula is C33H45FN2O6. The minimum absolute atomic E-state index is 0.0127. The molecule has 3 saturated carbocycles. The molecule has 3 N–H and O–H groups in total. The Hall–Kier alpha value is -2.78. The molecule has 3 aliphatic carbocycles. The van der Waals surface area contributed by atoms with Crippen molar-refractivity contribution >= 4 is 23.9 Å². The molecule has 5 rings (SSSR count). The lowest BCUT2D eigenvalue weighted by Gasteiger charge is -2.52. The molecule has 1 spiro atoms. The number of aliphatic hydroxyl groups is 1. The second-order valence-electron chi connectivity index (χ2n) is 12.7. The summed E-state index contributed by atoms with van der Waals surface area (Å²) in [5.41, 5.74) is -0.0897. The first-order chi connectivity index (χ1) is 20.3. The molecule has 0 aromatic heterocycles. The Kier molecular flexibility index (Phi) is 9.67. The zero-order chi connectivity index (χ0) is 29.7. The summed E-state index contributed by atoms with van der Waals surface area (Å²) >= 11 is 0. The number of methoxy groups -OCH3 is 1. The lowest BCUT2D eigenvalue weighted by atomic mass is 9.51. The van der Waals surface area contributed by atoms with Crippen LogP contribution in [-0.4, -0.2) is 60.9 Å². The van der Waals surface area contributed by atoms with Crippen molar-refractivity contribution in [3.63, 3.8) is 0 Å². The number of esters is 1. The lowest BCUT2D eigenvalue weighted by Crippen LogP contribution is -2.65. The number of hydrogen-bond donors (Lipinski definition) is 3. The van der Waals surface area contributed by atoms with Crippen molar-refractivity contribution in [1.29, 1.82) is 0 Å². The predicted octanol–water partition coefficient (Wildman–Crippen LogP) is 4.23. The van der Waals surface area contributed by atoms with Gasteiger partial charge in [0.1, 0.15) is 17.5 Å². The zero-order valence-electron chi connectivity index (χ0n) is 24.7. The summed E-state index contributed by atoms with van der Waals surface area (Å²) in [4.78, 5) is 38.5. The summed E-state index contributed by atoms with van der Waals surface area (Å²) in [6, 6.07) is 3.31. The number of ether oxygens (including phenoxy) is 2. The molecule has 5 unspecified atom stereocenters. The molecule has 9 heteroatoms. The van der Waals surface area contributed by atoms with Gasteiger partial charge in [0.25, 0.3) is 0 Å². The topological polar surface area (TPSA) is 117 Å². The number of amides is 2. The van der Waals surface area contributed by atoms with Crippen molar-refractivity contribution in [3.8, 4) is 0 Å². The van der Waals surface area contributed by atoms with Gasteiger partial charge in [-0.15, -0.1) is 0 Å². The van der Waals surface area contributed by atoms with Crippen LogP contribution in [0.25, 0.3) is 6.08 Å². The summed E-state index contributed by atoms with van der Waals surface area (Å²) in [6.07, 6.45) is 15.9. The van der Waals surface area contributed by atoms with Crippen molar-refractivity contribution in [2.45, 2.75) is 101 Å². The molecule has 2 amide bonds. The van der Waals surface area contributed by atoms with Crippen LogP contribution in [0.2, 0.25) is 0 Å². The van der Waals surface area contributed by atoms with E-state index in [4.69, 9.17) is 4.74 Å². The maximum atomic E-state index is 14.2. The third-order valence-electron chi connectivity index (χ3n) is 10.3. The number of aryl methyl sites for hydroxylation is 1. The number of benzene rings is 1. The molecule has 1 aliphatic heterocycles. The van der Waals surface area contributed by atoms with E-state index < -0.39 is 35.5 Å². The smallest absolute Gasteiger partial charge is 0.330 e. The van der Waals surface area contributed by atoms with Gasteiger partial charge in [-0.05, 0) is 79.7 Å². The van der Waals surface area contributed by atoms with E-state index in [1.807, 2.05) is 0 Å². The van der Waals surface area contributed by atoms with Gasteiger partial charge >= 0.3 is 5.97 Å². The van der Waals surface area contributed by atoms with Gasteiger partial charge in [0.05, 0.1) is 25.2 Å². The molecular weight excluding hydrogens is 539 g/mol. The molecule has 1 heterocycles. The van der Waals surface area contributed by atoms with Gasteiger partial charge in [0.15, 0.2) is 0 Å². The molecule has 0 bridgehead atoms. The van der Waals surface area contributed by atoms with E-state index in [2.05, 4.69) is 15.4 Å². The van der Waals surface area contributed by atoms with Crippen LogP contribution in [0.1, 0.15) is 88.2 Å². The maximum absolute atomic E-state index is 14.2. The number of carbonyl (C=O) groups is 3. The number of hydrogen-bond acceptors (Lipinski definition) is 6. The molecule has 1 aromatic rings. The minimum atomic E-state index is -1.05. The standard InChI is InChI=1S/C33H45FN2O6/c1-41-29(38)15-11-23-10-13-26(34)19-24(23)16-17-32(20-25-12-14-28-33(25,32)42-28)31(40)36-27(21-37)30(39)35-18-6-5-9-22-7-3-2-4-8-22/h10-11,13,15,19,22,25,27-28,37H,2-9,12,14,16-18,20-21H2,1H3,(H,35,39)(H,36,40)/b15-11+. The summed E-state index contributed by atoms with van der Waals surface area (Å²) in [7, 11) is 1.29. The SMILES string of the molecule is COC(=O)/C=C/c1ccc(F)cc1CCC1(C(=O)NC(CO)C(=O)NCCCCC2CCCCC2)CC2CCC3OC231. The number of rotatable bonds is 14. The number of aliphatic hydroxyl groups excluding tert-OH is 1. The van der Waals surface area contributed by atoms with Crippen LogP contribution < -0.4 is 10.6 Å². The average molecular weight is 585 g/mol. The number of carbonyl (C=O) groups excluding carboxylic acids is 3. The second kappa shape index (κ2) is 13.2. The second-order valence-corrected chi connectivity index (χ2v) is 12.7. The Morgan fingerprint density at radius 3 is 2.69 bits per heavy atom. The normalized spacial score (nSPS) is 28.8. The average Bonchev–Trinajstić information content (AvgIpc) is 3.70. The van der Waals surface area contributed by atoms with E-state index >= 15 is 0 Å². The quantitative estimate of drug-likeness (QED) is 0.130. The van der Waals surface area contributed by atoms with Gasteiger partial charge in [0.2, 0.25) is 11.8 Å². The van der Waals surface area contributed by atoms with Gasteiger partial charge in [-0.2, -0.15) is 0 Å². The van der Waals surface area contributed by atoms with Crippen molar-refractivity contribution in [2.24, 2.45) is 17.3 Å². The molecule has 8 nitrogen and oxygen atoms in total. The van der Waals surface area contributed by atoms with E-state index in [1.165, 1.54) is 63.8 Å². The predicted molar refractivity (Wildman–Crippen MR) is 156 cm³/mol. The van der Waals surface area contributed by atoms with Crippen molar-refractivity contribution < 1.29 is 33.4 Å². The molecule has 4 aliphatic rings. The third kappa shape index (κ3) is 6.13. The first-order valence-corrected chi connectivity index (χ1v) is 15.7. The first-order valence-electron chi connectivity index (χ1n) is 15.7. The lowest BCUT2D eigenvalue weighted by molar-refractivity contribution is -0.156. The Morgan fingerprint density at radius 1 is 1.17 bits per heavy atom. The van der Waals surface area contributed by atoms with Gasteiger partial charge < -0.3 is 25.2 Å². The number of nitrogens with one attached hydrogen (secondary N) is 2. The Labute approximate surface area is 247 Å². The van der Waals surface area contributed by atoms with E-state index in [0.717, 1.165) is 31.6 Å². The van der Waals surface area contributed by atoms with E-state index in [0.29, 0.717) is 36.9 Å². The fourth-order valence-electron chi connectivity index (χ4n) is 7.98. The minimum Gasteiger partial charge on any atom is -0.466 e. The van der Waals surface area contributed by atoms with Crippen LogP contribution in [0.5, 0.6) is 0 Å². The van der Waals surface area contributed by atoms with Crippen molar-refractivity contribution in [1.82, 2.24) is 10.6 Å². The van der Waals surface area contributed by atoms with Crippen molar-refractivity contribution in [3.05, 3.63) is 41.2 Å².